The first-order valence-electron chi connectivity index (χ1n) is 12.1. The number of fused-ring (bicyclic) bond motifs is 3. The molecule has 1 aromatic heterocycles. The number of nitrogens with zero attached hydrogens (tertiary/aromatic N) is 3. The number of anilines is 1. The zero-order valence-electron chi connectivity index (χ0n) is 19.1. The number of aromatic nitrogens is 2. The summed E-state index contributed by atoms with van der Waals surface area (Å²) in [6.07, 6.45) is 1.48. The van der Waals surface area contributed by atoms with Crippen LogP contribution in [0.15, 0.2) is 33.3 Å². The molecule has 0 radical (unpaired) electrons. The lowest BCUT2D eigenvalue weighted by molar-refractivity contribution is -0.215. The number of carbonyl (C=O) groups is 1. The molecule has 0 unspecified atom stereocenters. The maximum absolute atomic E-state index is 14.1. The normalized spacial score (nSPS) is 35.3. The van der Waals surface area contributed by atoms with Crippen LogP contribution in [0, 0.1) is 10.8 Å². The lowest BCUT2D eigenvalue weighted by atomic mass is 9.41. The Labute approximate surface area is 208 Å². The van der Waals surface area contributed by atoms with Crippen LogP contribution in [0.5, 0.6) is 0 Å². The second kappa shape index (κ2) is 7.52. The predicted octanol–water partition coefficient (Wildman–Crippen LogP) is 6.76. The maximum Gasteiger partial charge on any atom is 0.471 e. The number of carbonyl (C=O) groups excluding carboxylic acids is 1. The topological polar surface area (TPSA) is 59.2 Å². The van der Waals surface area contributed by atoms with Gasteiger partial charge in [0.1, 0.15) is 5.67 Å². The van der Waals surface area contributed by atoms with E-state index in [2.05, 4.69) is 30.6 Å². The summed E-state index contributed by atoms with van der Waals surface area (Å²) < 4.78 is 58.4. The van der Waals surface area contributed by atoms with E-state index < -0.39 is 23.2 Å². The van der Waals surface area contributed by atoms with Crippen molar-refractivity contribution in [2.75, 3.05) is 11.4 Å². The average molecular weight is 556 g/mol. The molecule has 1 aromatic carbocycles. The Morgan fingerprint density at radius 2 is 1.71 bits per heavy atom. The third-order valence-electron chi connectivity index (χ3n) is 9.06. The molecule has 188 valence electrons. The summed E-state index contributed by atoms with van der Waals surface area (Å²) in [5.74, 6) is -1.11. The molecule has 0 spiro atoms. The number of halogens is 5. The number of benzene rings is 1. The van der Waals surface area contributed by atoms with Crippen LogP contribution in [0.3, 0.4) is 0 Å². The summed E-state index contributed by atoms with van der Waals surface area (Å²) >= 11 is 3.50. The molecule has 6 saturated carbocycles. The monoisotopic (exact) mass is 555 g/mol. The lowest BCUT2D eigenvalue weighted by Crippen LogP contribution is -2.65. The minimum atomic E-state index is -4.65. The van der Waals surface area contributed by atoms with Crippen molar-refractivity contribution < 1.29 is 26.9 Å². The Morgan fingerprint density at radius 1 is 1.06 bits per heavy atom. The number of amides is 1. The fraction of sp³-hybridized carbons (Fsp3) is 0.640. The molecule has 0 atom stereocenters. The van der Waals surface area contributed by atoms with Crippen molar-refractivity contribution in [1.82, 2.24) is 10.1 Å². The van der Waals surface area contributed by atoms with Gasteiger partial charge in [-0.2, -0.15) is 18.2 Å². The highest BCUT2D eigenvalue weighted by Crippen LogP contribution is 2.71. The molecule has 6 fully saturated rings. The summed E-state index contributed by atoms with van der Waals surface area (Å²) in [5, 5.41) is 3.70. The van der Waals surface area contributed by atoms with Gasteiger partial charge < -0.3 is 9.42 Å². The van der Waals surface area contributed by atoms with E-state index in [9.17, 15) is 22.4 Å². The zero-order chi connectivity index (χ0) is 24.7. The van der Waals surface area contributed by atoms with Gasteiger partial charge in [-0.15, -0.1) is 0 Å². The van der Waals surface area contributed by atoms with Crippen LogP contribution in [0.1, 0.15) is 75.9 Å². The van der Waals surface area contributed by atoms with Gasteiger partial charge in [-0.05, 0) is 86.8 Å². The molecule has 4 bridgehead atoms. The lowest BCUT2D eigenvalue weighted by Gasteiger charge is -2.66. The van der Waals surface area contributed by atoms with Crippen LogP contribution in [-0.4, -0.2) is 28.3 Å². The van der Waals surface area contributed by atoms with Crippen LogP contribution in [-0.2, 0) is 16.4 Å². The van der Waals surface area contributed by atoms with E-state index in [4.69, 9.17) is 0 Å². The molecule has 0 aliphatic heterocycles. The van der Waals surface area contributed by atoms with E-state index in [-0.39, 0.29) is 22.6 Å². The summed E-state index contributed by atoms with van der Waals surface area (Å²) in [6.45, 7) is 0.551. The molecule has 1 amide bonds. The highest BCUT2D eigenvalue weighted by atomic mass is 79.9. The van der Waals surface area contributed by atoms with E-state index in [0.29, 0.717) is 51.5 Å². The number of alkyl halides is 4. The van der Waals surface area contributed by atoms with Gasteiger partial charge in [0, 0.05) is 28.5 Å². The molecule has 1 heterocycles. The van der Waals surface area contributed by atoms with E-state index in [1.807, 2.05) is 29.2 Å². The van der Waals surface area contributed by atoms with Crippen LogP contribution < -0.4 is 4.90 Å². The van der Waals surface area contributed by atoms with Crippen molar-refractivity contribution in [2.45, 2.75) is 81.5 Å². The van der Waals surface area contributed by atoms with E-state index >= 15 is 0 Å². The Hall–Kier alpha value is -1.97. The SMILES string of the molecule is O=C(CC12CC(F)(C1)C2)N(CC12CCC(c3noc(C(F)(F)F)n3)(CC1)CC2)c1cccc(Br)c1. The Kier molecular flexibility index (Phi) is 5.04. The van der Waals surface area contributed by atoms with Crippen LogP contribution >= 0.6 is 15.9 Å². The van der Waals surface area contributed by atoms with Crippen molar-refractivity contribution in [3.05, 3.63) is 40.5 Å². The standard InChI is InChI=1S/C25H26BrF4N3O2/c26-16-2-1-3-17(10-16)33(18(34)11-22-12-24(27,13-22)14-22)15-21-4-7-23(8-5-21,9-6-21)19-31-20(35-32-19)25(28,29)30/h1-3,10H,4-9,11-15H2. The summed E-state index contributed by atoms with van der Waals surface area (Å²) in [4.78, 5) is 19.1. The molecule has 2 aromatic rings. The van der Waals surface area contributed by atoms with E-state index in [1.54, 1.807) is 0 Å². The number of rotatable bonds is 6. The minimum Gasteiger partial charge on any atom is -0.329 e. The fourth-order valence-corrected chi connectivity index (χ4v) is 7.54. The Bertz CT molecular complexity index is 1140. The first kappa shape index (κ1) is 23.4. The molecule has 5 nitrogen and oxygen atoms in total. The van der Waals surface area contributed by atoms with Gasteiger partial charge in [0.25, 0.3) is 0 Å². The second-order valence-electron chi connectivity index (χ2n) is 11.5. The first-order chi connectivity index (χ1) is 16.4. The van der Waals surface area contributed by atoms with Crippen molar-refractivity contribution in [3.63, 3.8) is 0 Å². The third kappa shape index (κ3) is 3.90. The predicted molar refractivity (Wildman–Crippen MR) is 122 cm³/mol. The van der Waals surface area contributed by atoms with Crippen LogP contribution in [0.2, 0.25) is 0 Å². The van der Waals surface area contributed by atoms with Crippen molar-refractivity contribution >= 4 is 27.5 Å². The molecule has 0 N–H and O–H groups in total. The summed E-state index contributed by atoms with van der Waals surface area (Å²) in [6, 6.07) is 7.66. The summed E-state index contributed by atoms with van der Waals surface area (Å²) in [5.41, 5.74) is -1.03. The molecule has 6 aliphatic carbocycles. The Morgan fingerprint density at radius 3 is 2.26 bits per heavy atom. The smallest absolute Gasteiger partial charge is 0.329 e. The van der Waals surface area contributed by atoms with Gasteiger partial charge in [0.05, 0.1) is 0 Å². The highest BCUT2D eigenvalue weighted by Gasteiger charge is 2.69. The van der Waals surface area contributed by atoms with Crippen LogP contribution in [0.25, 0.3) is 0 Å². The van der Waals surface area contributed by atoms with Crippen LogP contribution in [0.4, 0.5) is 23.2 Å². The van der Waals surface area contributed by atoms with Crippen molar-refractivity contribution in [2.24, 2.45) is 10.8 Å². The van der Waals surface area contributed by atoms with Gasteiger partial charge in [-0.1, -0.05) is 27.2 Å². The largest absolute Gasteiger partial charge is 0.471 e. The molecule has 0 saturated heterocycles. The maximum atomic E-state index is 14.1. The fourth-order valence-electron chi connectivity index (χ4n) is 7.16. The molecule has 10 heteroatoms. The first-order valence-corrected chi connectivity index (χ1v) is 12.9. The molecule has 8 rings (SSSR count). The molecular weight excluding hydrogens is 530 g/mol. The average Bonchev–Trinajstić information content (AvgIpc) is 3.29. The zero-order valence-corrected chi connectivity index (χ0v) is 20.7. The number of hydrogen-bond acceptors (Lipinski definition) is 4. The molecular formula is C25H26BrF4N3O2. The van der Waals surface area contributed by atoms with Crippen molar-refractivity contribution in [1.29, 1.82) is 0 Å². The quantitative estimate of drug-likeness (QED) is 0.369. The van der Waals surface area contributed by atoms with Gasteiger partial charge in [0.2, 0.25) is 5.91 Å². The van der Waals surface area contributed by atoms with Gasteiger partial charge in [-0.3, -0.25) is 4.79 Å². The van der Waals surface area contributed by atoms with E-state index in [0.717, 1.165) is 29.4 Å². The van der Waals surface area contributed by atoms with Gasteiger partial charge in [0.15, 0.2) is 5.82 Å². The minimum absolute atomic E-state index is 0.0228. The molecule has 35 heavy (non-hydrogen) atoms. The number of hydrogen-bond donors (Lipinski definition) is 0. The summed E-state index contributed by atoms with van der Waals surface area (Å²) in [7, 11) is 0. The second-order valence-corrected chi connectivity index (χ2v) is 12.4. The Balaban J connectivity index is 1.20. The third-order valence-corrected chi connectivity index (χ3v) is 9.55. The highest BCUT2D eigenvalue weighted by molar-refractivity contribution is 9.10. The van der Waals surface area contributed by atoms with Gasteiger partial charge >= 0.3 is 12.1 Å². The van der Waals surface area contributed by atoms with Gasteiger partial charge in [-0.25, -0.2) is 4.39 Å². The molecule has 6 aliphatic rings. The van der Waals surface area contributed by atoms with E-state index in [1.165, 1.54) is 0 Å². The van der Waals surface area contributed by atoms with Crippen molar-refractivity contribution in [3.8, 4) is 0 Å².